The van der Waals surface area contributed by atoms with Crippen molar-refractivity contribution in [3.8, 4) is 0 Å². The van der Waals surface area contributed by atoms with Gasteiger partial charge >= 0.3 is 0 Å². The SMILES string of the molecule is CCOC[C@@H]1CN(C(=O)c2ccccc2F)Cc2cnn(CC3CC3)c21. The maximum atomic E-state index is 14.1. The molecule has 0 spiro atoms. The molecule has 0 N–H and O–H groups in total. The summed E-state index contributed by atoms with van der Waals surface area (Å²) in [6.45, 7) is 5.07. The van der Waals surface area contributed by atoms with Crippen LogP contribution in [0.1, 0.15) is 47.3 Å². The van der Waals surface area contributed by atoms with Crippen molar-refractivity contribution in [3.63, 3.8) is 0 Å². The number of carbonyl (C=O) groups is 1. The van der Waals surface area contributed by atoms with E-state index in [0.717, 1.165) is 18.0 Å². The average molecular weight is 357 g/mol. The molecule has 4 rings (SSSR count). The highest BCUT2D eigenvalue weighted by molar-refractivity contribution is 5.94. The Morgan fingerprint density at radius 2 is 2.15 bits per heavy atom. The van der Waals surface area contributed by atoms with Gasteiger partial charge in [0.05, 0.1) is 24.1 Å². The molecule has 2 heterocycles. The van der Waals surface area contributed by atoms with Gasteiger partial charge in [0, 0.05) is 37.7 Å². The van der Waals surface area contributed by atoms with Gasteiger partial charge in [-0.15, -0.1) is 0 Å². The van der Waals surface area contributed by atoms with Crippen molar-refractivity contribution < 1.29 is 13.9 Å². The molecule has 2 aliphatic rings. The summed E-state index contributed by atoms with van der Waals surface area (Å²) >= 11 is 0. The summed E-state index contributed by atoms with van der Waals surface area (Å²) in [5.74, 6) is 0.0415. The van der Waals surface area contributed by atoms with Gasteiger partial charge in [0.1, 0.15) is 5.82 Å². The number of rotatable bonds is 6. The van der Waals surface area contributed by atoms with Crippen LogP contribution in [0, 0.1) is 11.7 Å². The van der Waals surface area contributed by atoms with E-state index in [1.807, 2.05) is 13.1 Å². The fourth-order valence-electron chi connectivity index (χ4n) is 3.69. The number of ether oxygens (including phenoxy) is 1. The van der Waals surface area contributed by atoms with Gasteiger partial charge in [-0.05, 0) is 37.8 Å². The molecule has 1 fully saturated rings. The zero-order valence-electron chi connectivity index (χ0n) is 15.0. The molecule has 138 valence electrons. The van der Waals surface area contributed by atoms with E-state index < -0.39 is 5.82 Å². The van der Waals surface area contributed by atoms with E-state index in [4.69, 9.17) is 4.74 Å². The van der Waals surface area contributed by atoms with Crippen LogP contribution in [-0.4, -0.2) is 40.3 Å². The molecule has 6 heteroatoms. The third-order valence-electron chi connectivity index (χ3n) is 5.19. The molecule has 5 nitrogen and oxygen atoms in total. The number of benzene rings is 1. The fourth-order valence-corrected chi connectivity index (χ4v) is 3.69. The molecule has 0 saturated heterocycles. The van der Waals surface area contributed by atoms with Gasteiger partial charge in [0.2, 0.25) is 0 Å². The fraction of sp³-hybridized carbons (Fsp3) is 0.500. The number of fused-ring (bicyclic) bond motifs is 1. The molecule has 1 amide bonds. The van der Waals surface area contributed by atoms with E-state index in [1.165, 1.54) is 24.6 Å². The minimum absolute atomic E-state index is 0.0654. The summed E-state index contributed by atoms with van der Waals surface area (Å²) in [4.78, 5) is 14.6. The second-order valence-corrected chi connectivity index (χ2v) is 7.20. The minimum atomic E-state index is -0.478. The summed E-state index contributed by atoms with van der Waals surface area (Å²) in [6.07, 6.45) is 4.39. The standard InChI is InChI=1S/C20H24FN3O2/c1-2-26-13-16-12-23(20(25)17-5-3-4-6-18(17)21)11-15-9-22-24(19(15)16)10-14-7-8-14/h3-6,9,14,16H,2,7-8,10-13H2,1H3/t16-/m0/s1. The van der Waals surface area contributed by atoms with Crippen LogP contribution in [0.4, 0.5) is 4.39 Å². The van der Waals surface area contributed by atoms with Crippen molar-refractivity contribution in [1.82, 2.24) is 14.7 Å². The first-order valence-electron chi connectivity index (χ1n) is 9.33. The Hall–Kier alpha value is -2.21. The molecule has 26 heavy (non-hydrogen) atoms. The van der Waals surface area contributed by atoms with Crippen molar-refractivity contribution in [2.75, 3.05) is 19.8 Å². The Morgan fingerprint density at radius 1 is 1.35 bits per heavy atom. The maximum absolute atomic E-state index is 14.1. The molecule has 0 unspecified atom stereocenters. The zero-order chi connectivity index (χ0) is 18.1. The lowest BCUT2D eigenvalue weighted by Gasteiger charge is -2.33. The van der Waals surface area contributed by atoms with Crippen LogP contribution in [0.25, 0.3) is 0 Å². The van der Waals surface area contributed by atoms with Crippen LogP contribution in [0.15, 0.2) is 30.5 Å². The van der Waals surface area contributed by atoms with E-state index in [9.17, 15) is 9.18 Å². The van der Waals surface area contributed by atoms with Gasteiger partial charge in [-0.3, -0.25) is 9.48 Å². The van der Waals surface area contributed by atoms with Gasteiger partial charge in [-0.2, -0.15) is 5.10 Å². The van der Waals surface area contributed by atoms with Crippen molar-refractivity contribution in [1.29, 1.82) is 0 Å². The summed E-state index contributed by atoms with van der Waals surface area (Å²) in [7, 11) is 0. The smallest absolute Gasteiger partial charge is 0.257 e. The number of nitrogens with zero attached hydrogens (tertiary/aromatic N) is 3. The predicted octanol–water partition coefficient (Wildman–Crippen LogP) is 3.21. The lowest BCUT2D eigenvalue weighted by Crippen LogP contribution is -2.40. The molecule has 1 saturated carbocycles. The van der Waals surface area contributed by atoms with E-state index in [1.54, 1.807) is 23.1 Å². The molecule has 0 radical (unpaired) electrons. The summed E-state index contributed by atoms with van der Waals surface area (Å²) in [5, 5.41) is 4.57. The third kappa shape index (κ3) is 3.38. The normalized spacial score (nSPS) is 19.5. The van der Waals surface area contributed by atoms with E-state index in [-0.39, 0.29) is 17.4 Å². The van der Waals surface area contributed by atoms with Gasteiger partial charge in [0.15, 0.2) is 0 Å². The van der Waals surface area contributed by atoms with Crippen LogP contribution >= 0.6 is 0 Å². The zero-order valence-corrected chi connectivity index (χ0v) is 15.0. The highest BCUT2D eigenvalue weighted by Crippen LogP contribution is 2.35. The molecule has 2 aromatic rings. The van der Waals surface area contributed by atoms with Gasteiger partial charge in [-0.25, -0.2) is 4.39 Å². The van der Waals surface area contributed by atoms with Gasteiger partial charge in [-0.1, -0.05) is 12.1 Å². The van der Waals surface area contributed by atoms with Crippen LogP contribution < -0.4 is 0 Å². The Morgan fingerprint density at radius 3 is 2.88 bits per heavy atom. The second-order valence-electron chi connectivity index (χ2n) is 7.20. The topological polar surface area (TPSA) is 47.4 Å². The van der Waals surface area contributed by atoms with Crippen LogP contribution in [0.5, 0.6) is 0 Å². The lowest BCUT2D eigenvalue weighted by molar-refractivity contribution is 0.0642. The molecule has 1 aliphatic heterocycles. The van der Waals surface area contributed by atoms with Crippen molar-refractivity contribution in [3.05, 3.63) is 53.1 Å². The predicted molar refractivity (Wildman–Crippen MR) is 95.3 cm³/mol. The van der Waals surface area contributed by atoms with Gasteiger partial charge in [0.25, 0.3) is 5.91 Å². The summed E-state index contributed by atoms with van der Waals surface area (Å²) in [6, 6.07) is 6.16. The molecule has 0 bridgehead atoms. The van der Waals surface area contributed by atoms with Gasteiger partial charge < -0.3 is 9.64 Å². The first-order chi connectivity index (χ1) is 12.7. The van der Waals surface area contributed by atoms with Crippen molar-refractivity contribution >= 4 is 5.91 Å². The number of amides is 1. The largest absolute Gasteiger partial charge is 0.381 e. The average Bonchev–Trinajstić information content (AvgIpc) is 3.38. The number of aromatic nitrogens is 2. The van der Waals surface area contributed by atoms with E-state index in [0.29, 0.717) is 26.3 Å². The Labute approximate surface area is 152 Å². The summed E-state index contributed by atoms with van der Waals surface area (Å²) < 4.78 is 21.8. The van der Waals surface area contributed by atoms with E-state index >= 15 is 0 Å². The highest BCUT2D eigenvalue weighted by atomic mass is 19.1. The number of carbonyl (C=O) groups excluding carboxylic acids is 1. The summed E-state index contributed by atoms with van der Waals surface area (Å²) in [5.41, 5.74) is 2.35. The molecular formula is C20H24FN3O2. The van der Waals surface area contributed by atoms with Crippen LogP contribution in [-0.2, 0) is 17.8 Å². The molecule has 1 aromatic carbocycles. The monoisotopic (exact) mass is 357 g/mol. The Balaban J connectivity index is 1.60. The molecule has 1 aromatic heterocycles. The maximum Gasteiger partial charge on any atom is 0.257 e. The first-order valence-corrected chi connectivity index (χ1v) is 9.33. The molecule has 1 aliphatic carbocycles. The van der Waals surface area contributed by atoms with Crippen LogP contribution in [0.2, 0.25) is 0 Å². The number of halogens is 1. The third-order valence-corrected chi connectivity index (χ3v) is 5.19. The first kappa shape index (κ1) is 17.2. The Kier molecular flexibility index (Phi) is 4.76. The van der Waals surface area contributed by atoms with E-state index in [2.05, 4.69) is 9.78 Å². The minimum Gasteiger partial charge on any atom is -0.381 e. The van der Waals surface area contributed by atoms with Crippen molar-refractivity contribution in [2.45, 2.75) is 38.8 Å². The highest BCUT2D eigenvalue weighted by Gasteiger charge is 2.34. The lowest BCUT2D eigenvalue weighted by atomic mass is 9.96. The van der Waals surface area contributed by atoms with Crippen molar-refractivity contribution in [2.24, 2.45) is 5.92 Å². The Bertz CT molecular complexity index is 800. The molecular weight excluding hydrogens is 333 g/mol. The van der Waals surface area contributed by atoms with Crippen LogP contribution in [0.3, 0.4) is 0 Å². The molecule has 1 atom stereocenters. The number of hydrogen-bond acceptors (Lipinski definition) is 3. The second kappa shape index (κ2) is 7.19. The quantitative estimate of drug-likeness (QED) is 0.798. The number of hydrogen-bond donors (Lipinski definition) is 0.